The molecular formula is C22H26N4O3. The molecule has 152 valence electrons. The molecule has 0 saturated heterocycles. The quantitative estimate of drug-likeness (QED) is 0.562. The molecular weight excluding hydrogens is 368 g/mol. The summed E-state index contributed by atoms with van der Waals surface area (Å²) in [4.78, 5) is 20.8. The second-order valence-corrected chi connectivity index (χ2v) is 6.78. The second kappa shape index (κ2) is 10.4. The van der Waals surface area contributed by atoms with Crippen LogP contribution in [0.1, 0.15) is 55.7 Å². The Morgan fingerprint density at radius 2 is 2.14 bits per heavy atom. The number of aromatic nitrogens is 3. The lowest BCUT2D eigenvalue weighted by atomic mass is 10.1. The van der Waals surface area contributed by atoms with Crippen LogP contribution >= 0.6 is 0 Å². The molecule has 0 aliphatic heterocycles. The lowest BCUT2D eigenvalue weighted by Crippen LogP contribution is -2.26. The summed E-state index contributed by atoms with van der Waals surface area (Å²) in [5.74, 6) is 2.02. The molecule has 29 heavy (non-hydrogen) atoms. The van der Waals surface area contributed by atoms with Crippen molar-refractivity contribution in [3.63, 3.8) is 0 Å². The van der Waals surface area contributed by atoms with Gasteiger partial charge in [0.2, 0.25) is 11.8 Å². The number of benzene rings is 1. The van der Waals surface area contributed by atoms with Crippen LogP contribution in [0.15, 0.2) is 53.2 Å². The zero-order valence-corrected chi connectivity index (χ0v) is 16.8. The number of carbonyl (C=O) groups excluding carboxylic acids is 1. The molecule has 1 aromatic carbocycles. The molecule has 0 aliphatic carbocycles. The van der Waals surface area contributed by atoms with Crippen molar-refractivity contribution in [1.29, 1.82) is 0 Å². The van der Waals surface area contributed by atoms with E-state index in [4.69, 9.17) is 9.26 Å². The van der Waals surface area contributed by atoms with Crippen molar-refractivity contribution >= 4 is 5.91 Å². The Morgan fingerprint density at radius 3 is 2.90 bits per heavy atom. The van der Waals surface area contributed by atoms with Crippen molar-refractivity contribution in [3.8, 4) is 5.75 Å². The molecule has 7 nitrogen and oxygen atoms in total. The topological polar surface area (TPSA) is 90.1 Å². The van der Waals surface area contributed by atoms with Crippen molar-refractivity contribution in [3.05, 3.63) is 71.6 Å². The summed E-state index contributed by atoms with van der Waals surface area (Å²) in [6.07, 6.45) is 4.16. The van der Waals surface area contributed by atoms with Gasteiger partial charge in [0.25, 0.3) is 0 Å². The standard InChI is InChI=1S/C22H26N4O3/c1-3-20-25-22(29-26-20)12-7-11-21(27)24-16(2)17-8-6-10-19(14-17)28-15-18-9-4-5-13-23-18/h4-6,8-10,13-14,16H,3,7,11-12,15H2,1-2H3,(H,24,27). The van der Waals surface area contributed by atoms with E-state index in [2.05, 4.69) is 20.4 Å². The monoisotopic (exact) mass is 394 g/mol. The van der Waals surface area contributed by atoms with Crippen molar-refractivity contribution < 1.29 is 14.1 Å². The van der Waals surface area contributed by atoms with Gasteiger partial charge in [-0.1, -0.05) is 30.3 Å². The Hall–Kier alpha value is -3.22. The highest BCUT2D eigenvalue weighted by molar-refractivity contribution is 5.76. The minimum absolute atomic E-state index is 0.00691. The minimum Gasteiger partial charge on any atom is -0.487 e. The molecule has 7 heteroatoms. The van der Waals surface area contributed by atoms with Gasteiger partial charge in [-0.15, -0.1) is 0 Å². The first-order valence-corrected chi connectivity index (χ1v) is 9.87. The van der Waals surface area contributed by atoms with Gasteiger partial charge in [-0.25, -0.2) is 0 Å². The number of aryl methyl sites for hydroxylation is 2. The summed E-state index contributed by atoms with van der Waals surface area (Å²) in [6, 6.07) is 13.4. The van der Waals surface area contributed by atoms with Crippen LogP contribution in [0.5, 0.6) is 5.75 Å². The van der Waals surface area contributed by atoms with Gasteiger partial charge in [0, 0.05) is 25.5 Å². The maximum atomic E-state index is 12.3. The molecule has 2 aromatic heterocycles. The van der Waals surface area contributed by atoms with Crippen LogP contribution in [0.2, 0.25) is 0 Å². The Bertz CT molecular complexity index is 911. The molecule has 0 saturated carbocycles. The molecule has 3 rings (SSSR count). The smallest absolute Gasteiger partial charge is 0.226 e. The molecule has 1 N–H and O–H groups in total. The first-order valence-electron chi connectivity index (χ1n) is 9.87. The molecule has 0 radical (unpaired) electrons. The summed E-state index contributed by atoms with van der Waals surface area (Å²) >= 11 is 0. The first kappa shape index (κ1) is 20.5. The van der Waals surface area contributed by atoms with Gasteiger partial charge in [0.15, 0.2) is 5.82 Å². The number of carbonyl (C=O) groups is 1. The zero-order valence-electron chi connectivity index (χ0n) is 16.8. The summed E-state index contributed by atoms with van der Waals surface area (Å²) in [6.45, 7) is 4.34. The van der Waals surface area contributed by atoms with E-state index in [-0.39, 0.29) is 11.9 Å². The van der Waals surface area contributed by atoms with Crippen LogP contribution < -0.4 is 10.1 Å². The van der Waals surface area contributed by atoms with E-state index in [1.165, 1.54) is 0 Å². The third kappa shape index (κ3) is 6.41. The molecule has 3 aromatic rings. The maximum Gasteiger partial charge on any atom is 0.226 e. The molecule has 1 amide bonds. The average molecular weight is 394 g/mol. The second-order valence-electron chi connectivity index (χ2n) is 6.78. The van der Waals surface area contributed by atoms with Crippen LogP contribution in [0.4, 0.5) is 0 Å². The van der Waals surface area contributed by atoms with Crippen molar-refractivity contribution in [2.45, 2.75) is 52.2 Å². The fourth-order valence-electron chi connectivity index (χ4n) is 2.85. The van der Waals surface area contributed by atoms with E-state index in [1.54, 1.807) is 6.20 Å². The zero-order chi connectivity index (χ0) is 20.5. The van der Waals surface area contributed by atoms with Gasteiger partial charge >= 0.3 is 0 Å². The highest BCUT2D eigenvalue weighted by atomic mass is 16.5. The maximum absolute atomic E-state index is 12.3. The minimum atomic E-state index is -0.115. The summed E-state index contributed by atoms with van der Waals surface area (Å²) in [7, 11) is 0. The van der Waals surface area contributed by atoms with E-state index in [0.717, 1.165) is 23.4 Å². The first-order chi connectivity index (χ1) is 14.1. The Balaban J connectivity index is 1.45. The summed E-state index contributed by atoms with van der Waals surface area (Å²) in [5, 5.41) is 6.89. The fourth-order valence-corrected chi connectivity index (χ4v) is 2.85. The van der Waals surface area contributed by atoms with Crippen molar-refractivity contribution in [1.82, 2.24) is 20.4 Å². The Labute approximate surface area is 170 Å². The third-order valence-electron chi connectivity index (χ3n) is 4.47. The van der Waals surface area contributed by atoms with E-state index in [0.29, 0.717) is 37.6 Å². The summed E-state index contributed by atoms with van der Waals surface area (Å²) in [5.41, 5.74) is 1.85. The van der Waals surface area contributed by atoms with Gasteiger partial charge < -0.3 is 14.6 Å². The number of hydrogen-bond acceptors (Lipinski definition) is 6. The normalized spacial score (nSPS) is 11.8. The number of nitrogens with zero attached hydrogens (tertiary/aromatic N) is 3. The predicted octanol–water partition coefficient (Wildman–Crippen LogP) is 3.81. The van der Waals surface area contributed by atoms with Gasteiger partial charge in [-0.3, -0.25) is 9.78 Å². The Morgan fingerprint density at radius 1 is 1.24 bits per heavy atom. The lowest BCUT2D eigenvalue weighted by molar-refractivity contribution is -0.121. The molecule has 1 atom stereocenters. The SMILES string of the molecule is CCc1noc(CCCC(=O)NC(C)c2cccc(OCc3ccccn3)c2)n1. The van der Waals surface area contributed by atoms with Crippen LogP contribution in [0.25, 0.3) is 0 Å². The van der Waals surface area contributed by atoms with Crippen LogP contribution in [0, 0.1) is 0 Å². The van der Waals surface area contributed by atoms with Gasteiger partial charge in [-0.05, 0) is 43.2 Å². The summed E-state index contributed by atoms with van der Waals surface area (Å²) < 4.78 is 11.0. The van der Waals surface area contributed by atoms with E-state index < -0.39 is 0 Å². The van der Waals surface area contributed by atoms with Crippen LogP contribution in [-0.2, 0) is 24.2 Å². The number of ether oxygens (including phenoxy) is 1. The highest BCUT2D eigenvalue weighted by Crippen LogP contribution is 2.20. The number of pyridine rings is 1. The van der Waals surface area contributed by atoms with Crippen molar-refractivity contribution in [2.24, 2.45) is 0 Å². The lowest BCUT2D eigenvalue weighted by Gasteiger charge is -2.15. The molecule has 1 unspecified atom stereocenters. The fraction of sp³-hybridized carbons (Fsp3) is 0.364. The van der Waals surface area contributed by atoms with E-state index >= 15 is 0 Å². The average Bonchev–Trinajstić information content (AvgIpc) is 3.21. The number of nitrogens with one attached hydrogen (secondary N) is 1. The van der Waals surface area contributed by atoms with E-state index in [9.17, 15) is 4.79 Å². The molecule has 0 aliphatic rings. The molecule has 0 fully saturated rings. The molecule has 0 bridgehead atoms. The van der Waals surface area contributed by atoms with Gasteiger partial charge in [0.05, 0.1) is 11.7 Å². The predicted molar refractivity (Wildman–Crippen MR) is 108 cm³/mol. The largest absolute Gasteiger partial charge is 0.487 e. The van der Waals surface area contributed by atoms with Gasteiger partial charge in [-0.2, -0.15) is 4.98 Å². The number of rotatable bonds is 10. The number of amides is 1. The Kier molecular flexibility index (Phi) is 7.33. The van der Waals surface area contributed by atoms with Crippen molar-refractivity contribution in [2.75, 3.05) is 0 Å². The number of hydrogen-bond donors (Lipinski definition) is 1. The van der Waals surface area contributed by atoms with E-state index in [1.807, 2.05) is 56.3 Å². The highest BCUT2D eigenvalue weighted by Gasteiger charge is 2.12. The molecule has 0 spiro atoms. The van der Waals surface area contributed by atoms with Crippen LogP contribution in [-0.4, -0.2) is 21.0 Å². The van der Waals surface area contributed by atoms with Crippen LogP contribution in [0.3, 0.4) is 0 Å². The van der Waals surface area contributed by atoms with Gasteiger partial charge in [0.1, 0.15) is 12.4 Å². The third-order valence-corrected chi connectivity index (χ3v) is 4.47. The molecule has 2 heterocycles.